The van der Waals surface area contributed by atoms with Gasteiger partial charge in [-0.15, -0.1) is 0 Å². The molecule has 18 heavy (non-hydrogen) atoms. The molecule has 3 heteroatoms. The average Bonchev–Trinajstić information content (AvgIpc) is 2.36. The molecule has 0 saturated carbocycles. The van der Waals surface area contributed by atoms with Crippen LogP contribution >= 0.6 is 15.9 Å². The van der Waals surface area contributed by atoms with Gasteiger partial charge in [0, 0.05) is 6.04 Å². The van der Waals surface area contributed by atoms with E-state index in [9.17, 15) is 0 Å². The molecule has 2 N–H and O–H groups in total. The normalized spacial score (nSPS) is 12.4. The van der Waals surface area contributed by atoms with Gasteiger partial charge in [-0.3, -0.25) is 0 Å². The van der Waals surface area contributed by atoms with E-state index in [2.05, 4.69) is 41.9 Å². The molecule has 0 radical (unpaired) electrons. The van der Waals surface area contributed by atoms with Crippen molar-refractivity contribution in [3.8, 4) is 5.75 Å². The molecule has 0 aliphatic rings. The zero-order chi connectivity index (χ0) is 13.4. The zero-order valence-electron chi connectivity index (χ0n) is 11.4. The lowest BCUT2D eigenvalue weighted by Gasteiger charge is -2.12. The second-order valence-corrected chi connectivity index (χ2v) is 5.55. The van der Waals surface area contributed by atoms with Crippen LogP contribution in [-0.2, 0) is 6.42 Å². The Balaban J connectivity index is 2.51. The van der Waals surface area contributed by atoms with Crippen molar-refractivity contribution in [2.45, 2.75) is 52.0 Å². The van der Waals surface area contributed by atoms with E-state index in [1.54, 1.807) is 0 Å². The van der Waals surface area contributed by atoms with Crippen LogP contribution in [0.25, 0.3) is 0 Å². The van der Waals surface area contributed by atoms with Gasteiger partial charge < -0.3 is 10.5 Å². The van der Waals surface area contributed by atoms with Crippen molar-refractivity contribution in [2.24, 2.45) is 5.73 Å². The maximum Gasteiger partial charge on any atom is 0.133 e. The minimum Gasteiger partial charge on any atom is -0.492 e. The summed E-state index contributed by atoms with van der Waals surface area (Å²) in [5, 5.41) is 0. The molecule has 0 saturated heterocycles. The van der Waals surface area contributed by atoms with Gasteiger partial charge in [0.1, 0.15) is 5.75 Å². The van der Waals surface area contributed by atoms with Gasteiger partial charge in [-0.05, 0) is 52.9 Å². The molecule has 0 aliphatic heterocycles. The summed E-state index contributed by atoms with van der Waals surface area (Å²) < 4.78 is 6.77. The number of hydrogen-bond acceptors (Lipinski definition) is 2. The second-order valence-electron chi connectivity index (χ2n) is 4.69. The molecule has 102 valence electrons. The van der Waals surface area contributed by atoms with Crippen molar-refractivity contribution in [3.63, 3.8) is 0 Å². The van der Waals surface area contributed by atoms with Crippen molar-refractivity contribution in [2.75, 3.05) is 6.61 Å². The number of benzene rings is 1. The topological polar surface area (TPSA) is 35.2 Å². The molecule has 1 rings (SSSR count). The van der Waals surface area contributed by atoms with Crippen molar-refractivity contribution in [1.82, 2.24) is 0 Å². The predicted octanol–water partition coefficient (Wildman–Crippen LogP) is 4.30. The quantitative estimate of drug-likeness (QED) is 0.726. The highest BCUT2D eigenvalue weighted by molar-refractivity contribution is 9.10. The van der Waals surface area contributed by atoms with E-state index in [1.165, 1.54) is 18.4 Å². The van der Waals surface area contributed by atoms with Crippen molar-refractivity contribution < 1.29 is 4.74 Å². The Bertz CT molecular complexity index is 354. The molecular weight excluding hydrogens is 290 g/mol. The first kappa shape index (κ1) is 15.5. The first-order chi connectivity index (χ1) is 8.67. The summed E-state index contributed by atoms with van der Waals surface area (Å²) in [5.41, 5.74) is 7.22. The Morgan fingerprint density at radius 1 is 1.28 bits per heavy atom. The molecule has 0 aromatic heterocycles. The van der Waals surface area contributed by atoms with E-state index in [-0.39, 0.29) is 6.04 Å². The van der Waals surface area contributed by atoms with E-state index >= 15 is 0 Å². The smallest absolute Gasteiger partial charge is 0.133 e. The van der Waals surface area contributed by atoms with Gasteiger partial charge in [0.15, 0.2) is 0 Å². The Morgan fingerprint density at radius 2 is 2.06 bits per heavy atom. The van der Waals surface area contributed by atoms with Gasteiger partial charge in [0.25, 0.3) is 0 Å². The minimum absolute atomic E-state index is 0.244. The summed E-state index contributed by atoms with van der Waals surface area (Å²) in [6.45, 7) is 5.10. The lowest BCUT2D eigenvalue weighted by atomic mass is 10.0. The van der Waals surface area contributed by atoms with Gasteiger partial charge in [0.2, 0.25) is 0 Å². The maximum absolute atomic E-state index is 5.96. The van der Waals surface area contributed by atoms with Crippen molar-refractivity contribution in [1.29, 1.82) is 0 Å². The van der Waals surface area contributed by atoms with Crippen LogP contribution in [0.3, 0.4) is 0 Å². The first-order valence-corrected chi connectivity index (χ1v) is 7.63. The maximum atomic E-state index is 5.96. The third-order valence-electron chi connectivity index (χ3n) is 3.02. The van der Waals surface area contributed by atoms with E-state index in [4.69, 9.17) is 10.5 Å². The fourth-order valence-corrected chi connectivity index (χ4v) is 2.31. The summed E-state index contributed by atoms with van der Waals surface area (Å²) in [4.78, 5) is 0. The third kappa shape index (κ3) is 5.40. The highest BCUT2D eigenvalue weighted by atomic mass is 79.9. The van der Waals surface area contributed by atoms with Crippen LogP contribution in [0.4, 0.5) is 0 Å². The number of rotatable bonds is 8. The molecule has 2 nitrogen and oxygen atoms in total. The molecule has 1 atom stereocenters. The summed E-state index contributed by atoms with van der Waals surface area (Å²) in [6, 6.07) is 6.50. The molecular formula is C15H24BrNO. The highest BCUT2D eigenvalue weighted by Crippen LogP contribution is 2.26. The molecule has 0 bridgehead atoms. The fraction of sp³-hybridized carbons (Fsp3) is 0.600. The first-order valence-electron chi connectivity index (χ1n) is 6.84. The van der Waals surface area contributed by atoms with Gasteiger partial charge >= 0.3 is 0 Å². The lowest BCUT2D eigenvalue weighted by molar-refractivity contribution is 0.304. The van der Waals surface area contributed by atoms with Crippen molar-refractivity contribution in [3.05, 3.63) is 28.2 Å². The summed E-state index contributed by atoms with van der Waals surface area (Å²) in [5.74, 6) is 0.930. The summed E-state index contributed by atoms with van der Waals surface area (Å²) in [7, 11) is 0. The Hall–Kier alpha value is -0.540. The molecule has 1 unspecified atom stereocenters. The molecule has 0 spiro atoms. The molecule has 0 fully saturated rings. The van der Waals surface area contributed by atoms with Crippen LogP contribution in [0.15, 0.2) is 22.7 Å². The van der Waals surface area contributed by atoms with E-state index < -0.39 is 0 Å². The van der Waals surface area contributed by atoms with Gasteiger partial charge in [-0.2, -0.15) is 0 Å². The van der Waals surface area contributed by atoms with E-state index in [0.29, 0.717) is 0 Å². The lowest BCUT2D eigenvalue weighted by Crippen LogP contribution is -2.21. The van der Waals surface area contributed by atoms with Crippen LogP contribution in [0.2, 0.25) is 0 Å². The fourth-order valence-electron chi connectivity index (χ4n) is 1.77. The monoisotopic (exact) mass is 313 g/mol. The number of unbranched alkanes of at least 4 members (excludes halogenated alkanes) is 2. The SMILES string of the molecule is CCCCCOc1ccc(CC(N)CC)cc1Br. The Morgan fingerprint density at radius 3 is 2.67 bits per heavy atom. The molecule has 0 aliphatic carbocycles. The standard InChI is InChI=1S/C15H24BrNO/c1-3-5-6-9-18-15-8-7-12(11-14(15)16)10-13(17)4-2/h7-8,11,13H,3-6,9-10,17H2,1-2H3. The Kier molecular flexibility index (Phi) is 7.36. The molecule has 0 amide bonds. The van der Waals surface area contributed by atoms with Crippen LogP contribution in [-0.4, -0.2) is 12.6 Å². The third-order valence-corrected chi connectivity index (χ3v) is 3.64. The van der Waals surface area contributed by atoms with Crippen LogP contribution in [0, 0.1) is 0 Å². The van der Waals surface area contributed by atoms with Crippen LogP contribution < -0.4 is 10.5 Å². The van der Waals surface area contributed by atoms with Gasteiger partial charge in [0.05, 0.1) is 11.1 Å². The van der Waals surface area contributed by atoms with E-state index in [1.807, 2.05) is 6.07 Å². The molecule has 0 heterocycles. The summed E-state index contributed by atoms with van der Waals surface area (Å²) in [6.07, 6.45) is 5.49. The van der Waals surface area contributed by atoms with Crippen molar-refractivity contribution >= 4 is 15.9 Å². The van der Waals surface area contributed by atoms with Gasteiger partial charge in [-0.25, -0.2) is 0 Å². The van der Waals surface area contributed by atoms with E-state index in [0.717, 1.165) is 36.1 Å². The summed E-state index contributed by atoms with van der Waals surface area (Å²) >= 11 is 3.56. The number of hydrogen-bond donors (Lipinski definition) is 1. The molecule has 1 aromatic rings. The van der Waals surface area contributed by atoms with Gasteiger partial charge in [-0.1, -0.05) is 32.8 Å². The minimum atomic E-state index is 0.244. The zero-order valence-corrected chi connectivity index (χ0v) is 13.0. The number of ether oxygens (including phenoxy) is 1. The van der Waals surface area contributed by atoms with Crippen LogP contribution in [0.5, 0.6) is 5.75 Å². The second kappa shape index (κ2) is 8.54. The number of halogens is 1. The highest BCUT2D eigenvalue weighted by Gasteiger charge is 2.05. The largest absolute Gasteiger partial charge is 0.492 e. The average molecular weight is 314 g/mol. The van der Waals surface area contributed by atoms with Crippen LogP contribution in [0.1, 0.15) is 45.1 Å². The molecule has 1 aromatic carbocycles. The number of nitrogens with two attached hydrogens (primary N) is 1. The Labute approximate surface area is 119 Å². The predicted molar refractivity (Wildman–Crippen MR) is 81.1 cm³/mol.